The Bertz CT molecular complexity index is 1170. The van der Waals surface area contributed by atoms with Gasteiger partial charge in [-0.15, -0.1) is 0 Å². The summed E-state index contributed by atoms with van der Waals surface area (Å²) in [5.74, 6) is 0.521. The summed E-state index contributed by atoms with van der Waals surface area (Å²) in [6, 6.07) is 12.1. The largest absolute Gasteiger partial charge is 0.497 e. The van der Waals surface area contributed by atoms with Gasteiger partial charge in [-0.25, -0.2) is 0 Å². The molecule has 1 saturated heterocycles. The Morgan fingerprint density at radius 3 is 2.34 bits per heavy atom. The number of fused-ring (bicyclic) bond motifs is 1. The molecule has 1 aromatic heterocycles. The van der Waals surface area contributed by atoms with E-state index < -0.39 is 0 Å². The summed E-state index contributed by atoms with van der Waals surface area (Å²) in [5, 5.41) is 0. The molecule has 0 unspecified atom stereocenters. The molecule has 2 heterocycles. The van der Waals surface area contributed by atoms with E-state index in [0.717, 1.165) is 37.4 Å². The Kier molecular flexibility index (Phi) is 6.72. The minimum Gasteiger partial charge on any atom is -0.497 e. The molecular formula is C24H27N3O4S. The Morgan fingerprint density at radius 2 is 1.69 bits per heavy atom. The summed E-state index contributed by atoms with van der Waals surface area (Å²) in [4.78, 5) is 42.3. The number of thiazole rings is 1. The summed E-state index contributed by atoms with van der Waals surface area (Å²) in [6.45, 7) is 6.35. The van der Waals surface area contributed by atoms with Crippen LogP contribution in [-0.2, 0) is 11.3 Å². The highest BCUT2D eigenvalue weighted by Crippen LogP contribution is 2.22. The Hall–Kier alpha value is -2.97. The van der Waals surface area contributed by atoms with Gasteiger partial charge in [0.15, 0.2) is 5.78 Å². The van der Waals surface area contributed by atoms with Crippen LogP contribution in [-0.4, -0.2) is 65.9 Å². The molecule has 1 aliphatic heterocycles. The molecule has 32 heavy (non-hydrogen) atoms. The lowest BCUT2D eigenvalue weighted by atomic mass is 10.0. The third-order valence-electron chi connectivity index (χ3n) is 5.84. The van der Waals surface area contributed by atoms with Crippen molar-refractivity contribution in [3.8, 4) is 5.75 Å². The second-order valence-electron chi connectivity index (χ2n) is 7.92. The number of amides is 1. The monoisotopic (exact) mass is 453 g/mol. The van der Waals surface area contributed by atoms with E-state index in [-0.39, 0.29) is 23.1 Å². The number of aromatic nitrogens is 1. The predicted octanol–water partition coefficient (Wildman–Crippen LogP) is 2.86. The minimum atomic E-state index is -0.188. The minimum absolute atomic E-state index is 0.0262. The first-order chi connectivity index (χ1) is 15.5. The SMILES string of the molecule is CCCN1CCN(C(=O)Cn2c(=O)sc3cc(C(=O)c4ccc(OC)cc4)ccc32)CC1. The zero-order valence-electron chi connectivity index (χ0n) is 18.4. The molecule has 0 aliphatic carbocycles. The van der Waals surface area contributed by atoms with E-state index in [1.165, 1.54) is 4.57 Å². The van der Waals surface area contributed by atoms with Gasteiger partial charge in [0.2, 0.25) is 5.91 Å². The fourth-order valence-corrected chi connectivity index (χ4v) is 4.97. The highest BCUT2D eigenvalue weighted by atomic mass is 32.1. The Morgan fingerprint density at radius 1 is 1.00 bits per heavy atom. The number of hydrogen-bond donors (Lipinski definition) is 0. The number of ketones is 1. The fraction of sp³-hybridized carbons (Fsp3) is 0.375. The van der Waals surface area contributed by atoms with E-state index in [4.69, 9.17) is 4.74 Å². The van der Waals surface area contributed by atoms with E-state index in [1.54, 1.807) is 49.6 Å². The highest BCUT2D eigenvalue weighted by Gasteiger charge is 2.22. The number of ether oxygens (including phenoxy) is 1. The summed E-state index contributed by atoms with van der Waals surface area (Å²) in [6.07, 6.45) is 1.10. The summed E-state index contributed by atoms with van der Waals surface area (Å²) in [5.41, 5.74) is 1.74. The van der Waals surface area contributed by atoms with Gasteiger partial charge in [-0.3, -0.25) is 23.9 Å². The number of rotatable bonds is 7. The summed E-state index contributed by atoms with van der Waals surface area (Å²) >= 11 is 1.06. The molecule has 0 N–H and O–H groups in total. The maximum atomic E-state index is 12.9. The van der Waals surface area contributed by atoms with Gasteiger partial charge in [-0.05, 0) is 55.4 Å². The van der Waals surface area contributed by atoms with Crippen LogP contribution in [0.15, 0.2) is 47.3 Å². The second kappa shape index (κ2) is 9.67. The number of methoxy groups -OCH3 is 1. The standard InChI is InChI=1S/C24H27N3O4S/c1-3-10-25-11-13-26(14-12-25)22(28)16-27-20-9-6-18(15-21(20)32-24(27)30)23(29)17-4-7-19(31-2)8-5-17/h4-9,15H,3,10-14,16H2,1-2H3. The normalized spacial score (nSPS) is 14.6. The molecule has 0 atom stereocenters. The lowest BCUT2D eigenvalue weighted by Gasteiger charge is -2.34. The smallest absolute Gasteiger partial charge is 0.308 e. The number of nitrogens with zero attached hydrogens (tertiary/aromatic N) is 3. The van der Waals surface area contributed by atoms with E-state index in [0.29, 0.717) is 40.2 Å². The molecule has 3 aromatic rings. The van der Waals surface area contributed by atoms with Gasteiger partial charge in [-0.1, -0.05) is 18.3 Å². The lowest BCUT2D eigenvalue weighted by Crippen LogP contribution is -2.49. The van der Waals surface area contributed by atoms with E-state index in [2.05, 4.69) is 11.8 Å². The van der Waals surface area contributed by atoms with Crippen LogP contribution in [0.2, 0.25) is 0 Å². The van der Waals surface area contributed by atoms with Gasteiger partial charge in [0.1, 0.15) is 12.3 Å². The average molecular weight is 454 g/mol. The zero-order chi connectivity index (χ0) is 22.7. The lowest BCUT2D eigenvalue weighted by molar-refractivity contribution is -0.133. The van der Waals surface area contributed by atoms with Crippen LogP contribution in [0.25, 0.3) is 10.2 Å². The molecule has 1 fully saturated rings. The van der Waals surface area contributed by atoms with Gasteiger partial charge in [0.25, 0.3) is 0 Å². The number of carbonyl (C=O) groups is 2. The van der Waals surface area contributed by atoms with Crippen molar-refractivity contribution < 1.29 is 14.3 Å². The van der Waals surface area contributed by atoms with Crippen molar-refractivity contribution in [2.24, 2.45) is 0 Å². The fourth-order valence-electron chi connectivity index (χ4n) is 4.04. The van der Waals surface area contributed by atoms with Crippen LogP contribution >= 0.6 is 11.3 Å². The van der Waals surface area contributed by atoms with Crippen molar-refractivity contribution in [1.29, 1.82) is 0 Å². The second-order valence-corrected chi connectivity index (χ2v) is 8.91. The van der Waals surface area contributed by atoms with Crippen molar-refractivity contribution in [1.82, 2.24) is 14.4 Å². The molecule has 0 spiro atoms. The summed E-state index contributed by atoms with van der Waals surface area (Å²) in [7, 11) is 1.58. The predicted molar refractivity (Wildman–Crippen MR) is 126 cm³/mol. The van der Waals surface area contributed by atoms with Crippen LogP contribution in [0.5, 0.6) is 5.75 Å². The molecule has 2 aromatic carbocycles. The van der Waals surface area contributed by atoms with Crippen molar-refractivity contribution in [2.75, 3.05) is 39.8 Å². The number of carbonyl (C=O) groups excluding carboxylic acids is 2. The van der Waals surface area contributed by atoms with Gasteiger partial charge < -0.3 is 9.64 Å². The molecule has 0 bridgehead atoms. The molecular weight excluding hydrogens is 426 g/mol. The third-order valence-corrected chi connectivity index (χ3v) is 6.78. The molecule has 168 valence electrons. The van der Waals surface area contributed by atoms with Crippen LogP contribution in [0.1, 0.15) is 29.3 Å². The number of hydrogen-bond acceptors (Lipinski definition) is 6. The molecule has 0 radical (unpaired) electrons. The first-order valence-corrected chi connectivity index (χ1v) is 11.6. The highest BCUT2D eigenvalue weighted by molar-refractivity contribution is 7.16. The number of piperazine rings is 1. The van der Waals surface area contributed by atoms with E-state index in [1.807, 2.05) is 4.90 Å². The average Bonchev–Trinajstić information content (AvgIpc) is 3.13. The van der Waals surface area contributed by atoms with E-state index in [9.17, 15) is 14.4 Å². The third kappa shape index (κ3) is 4.61. The van der Waals surface area contributed by atoms with Crippen LogP contribution in [0, 0.1) is 0 Å². The van der Waals surface area contributed by atoms with Gasteiger partial charge in [0.05, 0.1) is 17.3 Å². The number of benzene rings is 2. The molecule has 0 saturated carbocycles. The van der Waals surface area contributed by atoms with Gasteiger partial charge in [-0.2, -0.15) is 0 Å². The maximum Gasteiger partial charge on any atom is 0.308 e. The van der Waals surface area contributed by atoms with E-state index >= 15 is 0 Å². The quantitative estimate of drug-likeness (QED) is 0.515. The first-order valence-electron chi connectivity index (χ1n) is 10.8. The van der Waals surface area contributed by atoms with Crippen molar-refractivity contribution in [3.05, 3.63) is 63.3 Å². The van der Waals surface area contributed by atoms with Crippen LogP contribution in [0.4, 0.5) is 0 Å². The maximum absolute atomic E-state index is 12.9. The summed E-state index contributed by atoms with van der Waals surface area (Å²) < 4.78 is 7.36. The van der Waals surface area contributed by atoms with Crippen molar-refractivity contribution in [3.63, 3.8) is 0 Å². The van der Waals surface area contributed by atoms with Gasteiger partial charge in [0, 0.05) is 37.3 Å². The first kappa shape index (κ1) is 22.2. The zero-order valence-corrected chi connectivity index (χ0v) is 19.2. The molecule has 4 rings (SSSR count). The van der Waals surface area contributed by atoms with Crippen LogP contribution in [0.3, 0.4) is 0 Å². The van der Waals surface area contributed by atoms with Crippen molar-refractivity contribution >= 4 is 33.2 Å². The molecule has 1 amide bonds. The molecule has 8 heteroatoms. The topological polar surface area (TPSA) is 71.8 Å². The van der Waals surface area contributed by atoms with Crippen LogP contribution < -0.4 is 9.61 Å². The Balaban J connectivity index is 1.50. The Labute approximate surface area is 190 Å². The van der Waals surface area contributed by atoms with Crippen molar-refractivity contribution in [2.45, 2.75) is 19.9 Å². The molecule has 1 aliphatic rings. The van der Waals surface area contributed by atoms with Gasteiger partial charge >= 0.3 is 4.87 Å². The molecule has 7 nitrogen and oxygen atoms in total.